The monoisotopic (exact) mass is 242 g/mol. The average molecular weight is 242 g/mol. The Balaban J connectivity index is 2.67. The van der Waals surface area contributed by atoms with Crippen LogP contribution >= 0.6 is 0 Å². The Bertz CT molecular complexity index is 582. The third-order valence-corrected chi connectivity index (χ3v) is 3.39. The smallest absolute Gasteiger partial charge is 0.283 e. The highest BCUT2D eigenvalue weighted by atomic mass is 16.6. The number of hydrogen-bond donors (Lipinski definition) is 0. The molecule has 1 saturated carbocycles. The van der Waals surface area contributed by atoms with E-state index in [2.05, 4.69) is 0 Å². The van der Waals surface area contributed by atoms with E-state index in [0.717, 1.165) is 28.6 Å². The second-order valence-corrected chi connectivity index (χ2v) is 4.44. The summed E-state index contributed by atoms with van der Waals surface area (Å²) in [5.74, 6) is 0. The molecule has 0 atom stereocenters. The van der Waals surface area contributed by atoms with Crippen molar-refractivity contribution in [2.24, 2.45) is 6.98 Å². The first kappa shape index (κ1) is 8.49. The SMILES string of the molecule is [2H]C([2H])([2H])n1c(C)c([N+](=O)[O-])c(=O)n1C1CCCCC1. The highest BCUT2D eigenvalue weighted by molar-refractivity contribution is 5.32. The Morgan fingerprint density at radius 2 is 2.06 bits per heavy atom. The predicted octanol–water partition coefficient (Wildman–Crippen LogP) is 1.91. The van der Waals surface area contributed by atoms with E-state index >= 15 is 0 Å². The lowest BCUT2D eigenvalue weighted by Crippen LogP contribution is -2.28. The molecule has 2 rings (SSSR count). The van der Waals surface area contributed by atoms with Crippen molar-refractivity contribution >= 4 is 5.69 Å². The Hall–Kier alpha value is -1.59. The van der Waals surface area contributed by atoms with E-state index in [1.54, 1.807) is 0 Å². The lowest BCUT2D eigenvalue weighted by molar-refractivity contribution is -0.386. The second-order valence-electron chi connectivity index (χ2n) is 4.44. The minimum absolute atomic E-state index is 0.106. The quantitative estimate of drug-likeness (QED) is 0.587. The molecule has 0 spiro atoms. The van der Waals surface area contributed by atoms with Gasteiger partial charge in [-0.25, -0.2) is 4.68 Å². The van der Waals surface area contributed by atoms with Crippen LogP contribution in [0.4, 0.5) is 5.69 Å². The Labute approximate surface area is 103 Å². The molecule has 0 aromatic carbocycles. The number of rotatable bonds is 2. The van der Waals surface area contributed by atoms with Crippen molar-refractivity contribution in [3.8, 4) is 0 Å². The van der Waals surface area contributed by atoms with Gasteiger partial charge in [0, 0.05) is 11.1 Å². The van der Waals surface area contributed by atoms with Crippen LogP contribution < -0.4 is 5.56 Å². The lowest BCUT2D eigenvalue weighted by atomic mass is 9.96. The van der Waals surface area contributed by atoms with Crippen molar-refractivity contribution in [1.29, 1.82) is 0 Å². The van der Waals surface area contributed by atoms with Crippen LogP contribution in [0.1, 0.15) is 48.0 Å². The van der Waals surface area contributed by atoms with Gasteiger partial charge in [-0.3, -0.25) is 19.6 Å². The first-order valence-corrected chi connectivity index (χ1v) is 5.74. The van der Waals surface area contributed by atoms with Crippen molar-refractivity contribution in [3.05, 3.63) is 26.2 Å². The van der Waals surface area contributed by atoms with Gasteiger partial charge in [-0.2, -0.15) is 0 Å². The molecule has 94 valence electrons. The van der Waals surface area contributed by atoms with Crippen molar-refractivity contribution in [2.45, 2.75) is 45.1 Å². The predicted molar refractivity (Wildman–Crippen MR) is 63.2 cm³/mol. The zero-order chi connectivity index (χ0) is 15.1. The van der Waals surface area contributed by atoms with Crippen LogP contribution in [0.25, 0.3) is 0 Å². The summed E-state index contributed by atoms with van der Waals surface area (Å²) >= 11 is 0. The molecular formula is C11H17N3O3. The van der Waals surface area contributed by atoms with Crippen molar-refractivity contribution < 1.29 is 9.04 Å². The molecule has 6 heteroatoms. The third-order valence-electron chi connectivity index (χ3n) is 3.39. The van der Waals surface area contributed by atoms with E-state index in [1.807, 2.05) is 0 Å². The van der Waals surface area contributed by atoms with Crippen LogP contribution in [-0.4, -0.2) is 14.3 Å². The largest absolute Gasteiger partial charge is 0.355 e. The summed E-state index contributed by atoms with van der Waals surface area (Å²) in [7, 11) is 0. The van der Waals surface area contributed by atoms with E-state index in [-0.39, 0.29) is 11.7 Å². The standard InChI is InChI=1S/C11H17N3O3/c1-8-10(14(16)17)11(15)13(12(8)2)9-6-4-3-5-7-9/h9H,3-7H2,1-2H3/i2D3. The summed E-state index contributed by atoms with van der Waals surface area (Å²) in [4.78, 5) is 22.5. The third kappa shape index (κ3) is 1.87. The summed E-state index contributed by atoms with van der Waals surface area (Å²) in [5.41, 5.74) is -1.55. The molecular weight excluding hydrogens is 222 g/mol. The van der Waals surface area contributed by atoms with E-state index in [9.17, 15) is 14.9 Å². The van der Waals surface area contributed by atoms with E-state index < -0.39 is 23.1 Å². The first-order valence-electron chi connectivity index (χ1n) is 7.24. The Morgan fingerprint density at radius 1 is 1.41 bits per heavy atom. The van der Waals surface area contributed by atoms with Gasteiger partial charge in [-0.05, 0) is 19.8 Å². The summed E-state index contributed by atoms with van der Waals surface area (Å²) in [6.45, 7) is -1.29. The van der Waals surface area contributed by atoms with Gasteiger partial charge >= 0.3 is 11.2 Å². The van der Waals surface area contributed by atoms with Crippen LogP contribution in [-0.2, 0) is 6.98 Å². The Kier molecular flexibility index (Phi) is 2.17. The van der Waals surface area contributed by atoms with Gasteiger partial charge in [0.1, 0.15) is 5.69 Å². The van der Waals surface area contributed by atoms with Gasteiger partial charge in [0.15, 0.2) is 0 Å². The number of aromatic nitrogens is 2. The summed E-state index contributed by atoms with van der Waals surface area (Å²) in [6, 6.07) is -0.274. The molecule has 0 N–H and O–H groups in total. The molecule has 0 amide bonds. The van der Waals surface area contributed by atoms with Gasteiger partial charge < -0.3 is 0 Å². The zero-order valence-electron chi connectivity index (χ0n) is 12.7. The fourth-order valence-corrected chi connectivity index (χ4v) is 2.48. The fraction of sp³-hybridized carbons (Fsp3) is 0.727. The molecule has 0 unspecified atom stereocenters. The summed E-state index contributed by atoms with van der Waals surface area (Å²) < 4.78 is 24.5. The molecule has 0 bridgehead atoms. The molecule has 17 heavy (non-hydrogen) atoms. The molecule has 1 aromatic rings. The van der Waals surface area contributed by atoms with Crippen molar-refractivity contribution in [1.82, 2.24) is 9.36 Å². The molecule has 0 saturated heterocycles. The highest BCUT2D eigenvalue weighted by Gasteiger charge is 2.28. The number of nitro groups is 1. The molecule has 1 aromatic heterocycles. The molecule has 1 aliphatic rings. The fourth-order valence-electron chi connectivity index (χ4n) is 2.48. The van der Waals surface area contributed by atoms with Crippen LogP contribution in [0.3, 0.4) is 0 Å². The summed E-state index contributed by atoms with van der Waals surface area (Å²) in [5, 5.41) is 11.0. The normalized spacial score (nSPS) is 20.6. The van der Waals surface area contributed by atoms with Crippen molar-refractivity contribution in [3.63, 3.8) is 0 Å². The van der Waals surface area contributed by atoms with Gasteiger partial charge in [0.2, 0.25) is 0 Å². The zero-order valence-corrected chi connectivity index (χ0v) is 9.68. The van der Waals surface area contributed by atoms with Crippen LogP contribution in [0, 0.1) is 17.0 Å². The molecule has 1 heterocycles. The molecule has 6 nitrogen and oxygen atoms in total. The molecule has 1 fully saturated rings. The van der Waals surface area contributed by atoms with E-state index in [1.165, 1.54) is 6.92 Å². The van der Waals surface area contributed by atoms with Crippen LogP contribution in [0.15, 0.2) is 4.79 Å². The van der Waals surface area contributed by atoms with Crippen molar-refractivity contribution in [2.75, 3.05) is 0 Å². The topological polar surface area (TPSA) is 70.1 Å². The van der Waals surface area contributed by atoms with E-state index in [4.69, 9.17) is 4.11 Å². The maximum absolute atomic E-state index is 12.2. The number of hydrogen-bond acceptors (Lipinski definition) is 3. The molecule has 1 aliphatic carbocycles. The minimum Gasteiger partial charge on any atom is -0.283 e. The summed E-state index contributed by atoms with van der Waals surface area (Å²) in [6.07, 6.45) is 4.19. The van der Waals surface area contributed by atoms with Gasteiger partial charge in [-0.15, -0.1) is 0 Å². The minimum atomic E-state index is -2.60. The lowest BCUT2D eigenvalue weighted by Gasteiger charge is -2.24. The second kappa shape index (κ2) is 4.35. The molecule has 0 aliphatic heterocycles. The van der Waals surface area contributed by atoms with Gasteiger partial charge in [-0.1, -0.05) is 19.3 Å². The maximum Gasteiger partial charge on any atom is 0.355 e. The molecule has 0 radical (unpaired) electrons. The highest BCUT2D eigenvalue weighted by Crippen LogP contribution is 2.28. The van der Waals surface area contributed by atoms with Crippen LogP contribution in [0.2, 0.25) is 0 Å². The van der Waals surface area contributed by atoms with Gasteiger partial charge in [0.25, 0.3) is 0 Å². The Morgan fingerprint density at radius 3 is 2.59 bits per heavy atom. The average Bonchev–Trinajstić information content (AvgIpc) is 2.61. The van der Waals surface area contributed by atoms with E-state index in [0.29, 0.717) is 12.8 Å². The van der Waals surface area contributed by atoms with Gasteiger partial charge in [0.05, 0.1) is 11.0 Å². The first-order chi connectivity index (χ1) is 9.25. The van der Waals surface area contributed by atoms with Crippen LogP contribution in [0.5, 0.6) is 0 Å². The maximum atomic E-state index is 12.2. The number of nitrogens with zero attached hydrogens (tertiary/aromatic N) is 3.